The Hall–Kier alpha value is -3.47. The minimum absolute atomic E-state index is 0.656. The van der Waals surface area contributed by atoms with E-state index in [0.717, 1.165) is 22.3 Å². The topological polar surface area (TPSA) is 64.5 Å². The van der Waals surface area contributed by atoms with E-state index in [1.165, 1.54) is 0 Å². The van der Waals surface area contributed by atoms with Crippen molar-refractivity contribution in [2.75, 3.05) is 0 Å². The summed E-state index contributed by atoms with van der Waals surface area (Å²) in [5.41, 5.74) is 4.14. The van der Waals surface area contributed by atoms with Gasteiger partial charge in [-0.1, -0.05) is 24.3 Å². The van der Waals surface area contributed by atoms with E-state index in [-0.39, 0.29) is 0 Å². The summed E-state index contributed by atoms with van der Waals surface area (Å²) in [6.45, 7) is 1.88. The summed E-state index contributed by atoms with van der Waals surface area (Å²) < 4.78 is 0. The molecule has 0 aliphatic rings. The zero-order valence-electron chi connectivity index (χ0n) is 13.7. The van der Waals surface area contributed by atoms with Gasteiger partial charge in [-0.05, 0) is 42.3 Å². The summed E-state index contributed by atoms with van der Waals surface area (Å²) >= 11 is 0. The molecule has 5 nitrogen and oxygen atoms in total. The van der Waals surface area contributed by atoms with Gasteiger partial charge < -0.3 is 0 Å². The van der Waals surface area contributed by atoms with Crippen LogP contribution in [0, 0.1) is 6.92 Å². The first kappa shape index (κ1) is 15.1. The minimum Gasteiger partial charge on any atom is -0.265 e. The second-order valence-electron chi connectivity index (χ2n) is 5.58. The highest BCUT2D eigenvalue weighted by atomic mass is 15.0. The Kier molecular flexibility index (Phi) is 3.96. The summed E-state index contributed by atoms with van der Waals surface area (Å²) in [7, 11) is 0. The molecule has 1 aromatic carbocycles. The maximum absolute atomic E-state index is 4.62. The van der Waals surface area contributed by atoms with Crippen molar-refractivity contribution in [2.45, 2.75) is 6.92 Å². The van der Waals surface area contributed by atoms with Crippen LogP contribution in [-0.4, -0.2) is 24.9 Å². The fourth-order valence-corrected chi connectivity index (χ4v) is 2.60. The van der Waals surface area contributed by atoms with Crippen molar-refractivity contribution < 1.29 is 0 Å². The molecule has 120 valence electrons. The number of hydrogen-bond acceptors (Lipinski definition) is 5. The molecule has 4 aromatic rings. The number of nitrogens with zero attached hydrogens (tertiary/aromatic N) is 5. The van der Waals surface area contributed by atoms with Crippen LogP contribution in [0.5, 0.6) is 0 Å². The molecule has 0 N–H and O–H groups in total. The number of benzene rings is 1. The summed E-state index contributed by atoms with van der Waals surface area (Å²) in [5, 5.41) is 0. The molecule has 0 saturated carbocycles. The smallest absolute Gasteiger partial charge is 0.163 e. The van der Waals surface area contributed by atoms with Crippen molar-refractivity contribution in [3.63, 3.8) is 0 Å². The minimum atomic E-state index is 0.656. The number of aromatic nitrogens is 5. The number of pyridine rings is 2. The highest BCUT2D eigenvalue weighted by Crippen LogP contribution is 2.24. The van der Waals surface area contributed by atoms with Crippen molar-refractivity contribution in [3.05, 3.63) is 79.1 Å². The Bertz CT molecular complexity index is 983. The van der Waals surface area contributed by atoms with E-state index in [4.69, 9.17) is 0 Å². The SMILES string of the molecule is Cc1nc(-c2ccncc2)nc(-c2ccc(-c3ccncc3)cc2)n1. The molecule has 0 radical (unpaired) electrons. The van der Waals surface area contributed by atoms with Crippen molar-refractivity contribution in [1.82, 2.24) is 24.9 Å². The zero-order chi connectivity index (χ0) is 17.1. The second-order valence-corrected chi connectivity index (χ2v) is 5.58. The Balaban J connectivity index is 1.71. The lowest BCUT2D eigenvalue weighted by molar-refractivity contribution is 0.991. The van der Waals surface area contributed by atoms with Crippen molar-refractivity contribution in [1.29, 1.82) is 0 Å². The summed E-state index contributed by atoms with van der Waals surface area (Å²) in [6.07, 6.45) is 7.05. The van der Waals surface area contributed by atoms with Crippen LogP contribution < -0.4 is 0 Å². The van der Waals surface area contributed by atoms with Gasteiger partial charge in [-0.3, -0.25) is 9.97 Å². The number of rotatable bonds is 3. The molecule has 0 atom stereocenters. The highest BCUT2D eigenvalue weighted by molar-refractivity contribution is 5.68. The Morgan fingerprint density at radius 2 is 0.880 bits per heavy atom. The number of hydrogen-bond donors (Lipinski definition) is 0. The Morgan fingerprint density at radius 3 is 1.44 bits per heavy atom. The van der Waals surface area contributed by atoms with Crippen LogP contribution in [-0.2, 0) is 0 Å². The highest BCUT2D eigenvalue weighted by Gasteiger charge is 2.08. The van der Waals surface area contributed by atoms with E-state index in [1.807, 2.05) is 43.3 Å². The normalized spacial score (nSPS) is 10.6. The largest absolute Gasteiger partial charge is 0.265 e. The average molecular weight is 325 g/mol. The van der Waals surface area contributed by atoms with E-state index < -0.39 is 0 Å². The van der Waals surface area contributed by atoms with E-state index in [2.05, 4.69) is 37.1 Å². The van der Waals surface area contributed by atoms with Crippen LogP contribution in [0.3, 0.4) is 0 Å². The maximum Gasteiger partial charge on any atom is 0.163 e. The molecule has 4 rings (SSSR count). The van der Waals surface area contributed by atoms with Crippen molar-refractivity contribution in [3.8, 4) is 33.9 Å². The van der Waals surface area contributed by atoms with Gasteiger partial charge in [0.15, 0.2) is 11.6 Å². The lowest BCUT2D eigenvalue weighted by Crippen LogP contribution is -1.99. The zero-order valence-corrected chi connectivity index (χ0v) is 13.7. The van der Waals surface area contributed by atoms with E-state index in [1.54, 1.807) is 24.8 Å². The van der Waals surface area contributed by atoms with Gasteiger partial charge in [0.25, 0.3) is 0 Å². The predicted octanol–water partition coefficient (Wildman–Crippen LogP) is 3.97. The first-order chi connectivity index (χ1) is 12.3. The molecular weight excluding hydrogens is 310 g/mol. The van der Waals surface area contributed by atoms with Gasteiger partial charge >= 0.3 is 0 Å². The van der Waals surface area contributed by atoms with E-state index in [0.29, 0.717) is 17.5 Å². The molecule has 0 aliphatic heterocycles. The van der Waals surface area contributed by atoms with Crippen LogP contribution >= 0.6 is 0 Å². The van der Waals surface area contributed by atoms with Crippen LogP contribution in [0.25, 0.3) is 33.9 Å². The first-order valence-electron chi connectivity index (χ1n) is 7.93. The van der Waals surface area contributed by atoms with Gasteiger partial charge in [0.05, 0.1) is 0 Å². The third-order valence-corrected chi connectivity index (χ3v) is 3.84. The molecule has 3 aromatic heterocycles. The van der Waals surface area contributed by atoms with Crippen molar-refractivity contribution >= 4 is 0 Å². The lowest BCUT2D eigenvalue weighted by Gasteiger charge is -2.07. The molecule has 0 saturated heterocycles. The fourth-order valence-electron chi connectivity index (χ4n) is 2.60. The number of aryl methyl sites for hydroxylation is 1. The molecule has 0 amide bonds. The summed E-state index contributed by atoms with van der Waals surface area (Å²) in [5.74, 6) is 2.01. The van der Waals surface area contributed by atoms with Crippen molar-refractivity contribution in [2.24, 2.45) is 0 Å². The van der Waals surface area contributed by atoms with Gasteiger partial charge in [0, 0.05) is 35.9 Å². The molecule has 0 fully saturated rings. The molecule has 3 heterocycles. The van der Waals surface area contributed by atoms with Gasteiger partial charge in [-0.15, -0.1) is 0 Å². The summed E-state index contributed by atoms with van der Waals surface area (Å²) in [6, 6.07) is 16.0. The lowest BCUT2D eigenvalue weighted by atomic mass is 10.0. The Morgan fingerprint density at radius 1 is 0.480 bits per heavy atom. The van der Waals surface area contributed by atoms with Crippen LogP contribution in [0.1, 0.15) is 5.82 Å². The average Bonchev–Trinajstić information content (AvgIpc) is 2.69. The quantitative estimate of drug-likeness (QED) is 0.570. The molecular formula is C20H15N5. The third kappa shape index (κ3) is 3.26. The molecule has 0 unspecified atom stereocenters. The maximum atomic E-state index is 4.62. The molecule has 5 heteroatoms. The predicted molar refractivity (Wildman–Crippen MR) is 96.5 cm³/mol. The van der Waals surface area contributed by atoms with Gasteiger partial charge in [-0.2, -0.15) is 0 Å². The monoisotopic (exact) mass is 325 g/mol. The molecule has 0 bridgehead atoms. The van der Waals surface area contributed by atoms with Crippen LogP contribution in [0.15, 0.2) is 73.3 Å². The first-order valence-corrected chi connectivity index (χ1v) is 7.93. The van der Waals surface area contributed by atoms with Crippen LogP contribution in [0.2, 0.25) is 0 Å². The van der Waals surface area contributed by atoms with E-state index in [9.17, 15) is 0 Å². The van der Waals surface area contributed by atoms with Crippen LogP contribution in [0.4, 0.5) is 0 Å². The van der Waals surface area contributed by atoms with Gasteiger partial charge in [-0.25, -0.2) is 15.0 Å². The third-order valence-electron chi connectivity index (χ3n) is 3.84. The van der Waals surface area contributed by atoms with Gasteiger partial charge in [0.2, 0.25) is 0 Å². The Labute approximate surface area is 145 Å². The second kappa shape index (κ2) is 6.57. The molecule has 25 heavy (non-hydrogen) atoms. The standard InChI is InChI=1S/C20H15N5/c1-14-23-19(25-20(24-14)18-8-12-22-13-9-18)17-4-2-15(3-5-17)16-6-10-21-11-7-16/h2-13H,1H3. The molecule has 0 spiro atoms. The van der Waals surface area contributed by atoms with Gasteiger partial charge in [0.1, 0.15) is 5.82 Å². The fraction of sp³-hybridized carbons (Fsp3) is 0.0500. The molecule has 0 aliphatic carbocycles. The summed E-state index contributed by atoms with van der Waals surface area (Å²) in [4.78, 5) is 21.6. The van der Waals surface area contributed by atoms with E-state index >= 15 is 0 Å².